The van der Waals surface area contributed by atoms with Crippen LogP contribution < -0.4 is 37.9 Å². The molecule has 9 rings (SSSR count). The number of aromatic amines is 3. The summed E-state index contributed by atoms with van der Waals surface area (Å²) in [5.74, 6) is -6.53. The van der Waals surface area contributed by atoms with Gasteiger partial charge in [-0.15, -0.1) is 0 Å². The van der Waals surface area contributed by atoms with Gasteiger partial charge >= 0.3 is 30.7 Å². The SMILES string of the molecule is CN(C)c1ccc2nc(C(F)(F)F)[nH]c(=O)c2c1.CN(C)c1ccc2nc(C(F)(F)F)nc(Cl)c2c1.Nc1ccc([N+](=O)[O-])cc1C(=O)O.Nc1ccc2nc(C(F)(F)F)[nH]c(=O)c2c1.O=c1[nH]c(C(F)(F)F)nc2ccc([N+](=O)[O-])cc12.[CH3-].[CH3-].[Pd].[Pd]. The van der Waals surface area contributed by atoms with Crippen LogP contribution >= 0.6 is 11.6 Å². The molecule has 23 nitrogen and oxygen atoms in total. The average Bonchev–Trinajstić information content (AvgIpc) is 1.14. The number of aromatic nitrogens is 8. The van der Waals surface area contributed by atoms with Gasteiger partial charge in [0.15, 0.2) is 0 Å². The van der Waals surface area contributed by atoms with E-state index < -0.39 is 86.2 Å². The van der Waals surface area contributed by atoms with Gasteiger partial charge < -0.3 is 56.2 Å². The second-order valence-electron chi connectivity index (χ2n) is 16.8. The van der Waals surface area contributed by atoms with Crippen LogP contribution in [0.3, 0.4) is 0 Å². The third-order valence-corrected chi connectivity index (χ3v) is 10.8. The normalized spacial score (nSPS) is 11.0. The van der Waals surface area contributed by atoms with Crippen LogP contribution in [0.5, 0.6) is 0 Å². The maximum absolute atomic E-state index is 12.5. The maximum Gasteiger partial charge on any atom is 0.451 e. The zero-order valence-electron chi connectivity index (χ0n) is 44.6. The number of alkyl halides is 12. The summed E-state index contributed by atoms with van der Waals surface area (Å²) in [5, 5.41) is 29.4. The van der Waals surface area contributed by atoms with Crippen molar-refractivity contribution in [2.24, 2.45) is 0 Å². The van der Waals surface area contributed by atoms with Crippen LogP contribution in [0, 0.1) is 35.1 Å². The topological polar surface area (TPSA) is 345 Å². The molecule has 4 aromatic heterocycles. The smallest absolute Gasteiger partial charge is 0.451 e. The number of benzene rings is 5. The molecule has 0 bridgehead atoms. The fourth-order valence-electron chi connectivity index (χ4n) is 6.53. The van der Waals surface area contributed by atoms with Gasteiger partial charge in [0.25, 0.3) is 28.1 Å². The van der Waals surface area contributed by atoms with E-state index >= 15 is 0 Å². The van der Waals surface area contributed by atoms with Crippen LogP contribution in [-0.4, -0.2) is 89.0 Å². The molecule has 0 aliphatic rings. The van der Waals surface area contributed by atoms with E-state index in [0.717, 1.165) is 41.7 Å². The Morgan fingerprint density at radius 3 is 1.24 bits per heavy atom. The Balaban J connectivity index is 0.000000540. The number of carbonyl (C=O) groups is 1. The van der Waals surface area contributed by atoms with E-state index in [1.807, 2.05) is 19.0 Å². The van der Waals surface area contributed by atoms with Crippen molar-refractivity contribution in [3.05, 3.63) is 191 Å². The molecule has 0 fully saturated rings. The molecule has 0 amide bonds. The first-order chi connectivity index (χ1) is 38.3. The van der Waals surface area contributed by atoms with Crippen molar-refractivity contribution in [3.63, 3.8) is 0 Å². The summed E-state index contributed by atoms with van der Waals surface area (Å²) in [6.07, 6.45) is -18.7. The van der Waals surface area contributed by atoms with E-state index in [1.165, 1.54) is 42.5 Å². The Bertz CT molecular complexity index is 4150. The average molecular weight is 1450 g/mol. The number of H-pyrrole nitrogens is 3. The molecular formula is C49H41ClF12N14O9Pd2-2. The van der Waals surface area contributed by atoms with Gasteiger partial charge in [0.1, 0.15) is 5.15 Å². The van der Waals surface area contributed by atoms with E-state index in [1.54, 1.807) is 52.1 Å². The summed E-state index contributed by atoms with van der Waals surface area (Å²) in [7, 11) is 7.18. The number of nitrogens with one attached hydrogen (secondary N) is 3. The Labute approximate surface area is 511 Å². The van der Waals surface area contributed by atoms with Crippen molar-refractivity contribution in [3.8, 4) is 0 Å². The number of fused-ring (bicyclic) bond motifs is 4. The molecule has 0 saturated heterocycles. The molecule has 5 aromatic carbocycles. The number of nitrogen functional groups attached to an aromatic ring is 2. The van der Waals surface area contributed by atoms with Crippen molar-refractivity contribution in [1.29, 1.82) is 0 Å². The van der Waals surface area contributed by atoms with Gasteiger partial charge in [0.05, 0.1) is 53.6 Å². The van der Waals surface area contributed by atoms with E-state index in [0.29, 0.717) is 11.1 Å². The molecule has 0 spiro atoms. The Hall–Kier alpha value is -8.90. The molecule has 0 radical (unpaired) electrons. The Kier molecular flexibility index (Phi) is 26.2. The van der Waals surface area contributed by atoms with Gasteiger partial charge in [-0.2, -0.15) is 52.7 Å². The molecule has 474 valence electrons. The minimum absolute atomic E-state index is 0. The molecule has 4 heterocycles. The van der Waals surface area contributed by atoms with Crippen molar-refractivity contribution in [2.45, 2.75) is 24.7 Å². The second-order valence-corrected chi connectivity index (χ2v) is 17.2. The summed E-state index contributed by atoms with van der Waals surface area (Å²) in [5.41, 5.74) is 8.78. The van der Waals surface area contributed by atoms with Crippen molar-refractivity contribution in [1.82, 2.24) is 39.9 Å². The van der Waals surface area contributed by atoms with Crippen molar-refractivity contribution in [2.75, 3.05) is 49.5 Å². The van der Waals surface area contributed by atoms with E-state index in [4.69, 9.17) is 28.2 Å². The molecule has 8 N–H and O–H groups in total. The van der Waals surface area contributed by atoms with Crippen LogP contribution in [0.15, 0.2) is 105 Å². The maximum atomic E-state index is 12.5. The zero-order chi connectivity index (χ0) is 62.4. The summed E-state index contributed by atoms with van der Waals surface area (Å²) >= 11 is 5.78. The molecule has 0 aliphatic heterocycles. The number of nitrogens with two attached hydrogens (primary N) is 2. The van der Waals surface area contributed by atoms with E-state index in [9.17, 15) is 92.1 Å². The molecule has 87 heavy (non-hydrogen) atoms. The van der Waals surface area contributed by atoms with Gasteiger partial charge in [0, 0.05) is 121 Å². The number of hydrogen-bond donors (Lipinski definition) is 6. The molecule has 38 heteroatoms. The van der Waals surface area contributed by atoms with Gasteiger partial charge in [-0.05, 0) is 66.7 Å². The molecule has 0 unspecified atom stereocenters. The number of nitro benzene ring substituents is 2. The van der Waals surface area contributed by atoms with Gasteiger partial charge in [-0.3, -0.25) is 34.6 Å². The van der Waals surface area contributed by atoms with Crippen molar-refractivity contribution < 1.29 is 113 Å². The monoisotopic (exact) mass is 1440 g/mol. The third kappa shape index (κ3) is 19.8. The fourth-order valence-corrected chi connectivity index (χ4v) is 6.76. The first kappa shape index (κ1) is 76.1. The second kappa shape index (κ2) is 30.0. The zero-order valence-corrected chi connectivity index (χ0v) is 48.5. The first-order valence-electron chi connectivity index (χ1n) is 22.2. The third-order valence-electron chi connectivity index (χ3n) is 10.5. The molecular weight excluding hydrogens is 1400 g/mol. The van der Waals surface area contributed by atoms with Crippen LogP contribution in [-0.2, 0) is 65.6 Å². The number of halogens is 13. The standard InChI is InChI=1S/C11H9ClF3N3.C11H10F3N3O.C9H4F3N3O3.C9H6F3N3O.C7H6N2O4.2CH3.2Pd/c1-18(2)6-3-4-8-7(5-6)9(12)17-10(16-8)11(13,14)15;1-17(2)6-3-4-8-7(5-6)9(18)16-10(15-8)11(12,13)14;10-9(11,12)8-13-6-2-1-4(15(17)18)3-5(6)7(16)14-8;10-9(11,12)8-14-6-2-1-4(13)3-5(6)7(16)15-8;8-6-2-1-4(9(12)13)3-5(6)7(10)11;;;;/h3-5H,1-2H3;3-5H,1-2H3,(H,15,16,18);1-3H,(H,13,14,16);1-3H,13H2,(H,14,15,16);1-3H,8H2,(H,10,11);2*1H3;;/q;;;;;2*-1;;. The summed E-state index contributed by atoms with van der Waals surface area (Å²) in [6, 6.07) is 19.4. The number of carboxylic acids is 1. The number of aromatic carboxylic acids is 1. The number of anilines is 4. The van der Waals surface area contributed by atoms with Gasteiger partial charge in [0.2, 0.25) is 23.3 Å². The van der Waals surface area contributed by atoms with E-state index in [-0.39, 0.29) is 116 Å². The Morgan fingerprint density at radius 1 is 0.517 bits per heavy atom. The summed E-state index contributed by atoms with van der Waals surface area (Å²) < 4.78 is 149. The quantitative estimate of drug-likeness (QED) is 0.0177. The first-order valence-corrected chi connectivity index (χ1v) is 22.5. The van der Waals surface area contributed by atoms with Crippen LogP contribution in [0.1, 0.15) is 33.7 Å². The number of rotatable bonds is 5. The number of nitro groups is 2. The number of non-ortho nitro benzene ring substituents is 2. The summed E-state index contributed by atoms with van der Waals surface area (Å²) in [4.78, 5) is 89.4. The molecule has 9 aromatic rings. The van der Waals surface area contributed by atoms with Crippen LogP contribution in [0.4, 0.5) is 86.8 Å². The van der Waals surface area contributed by atoms with E-state index in [2.05, 4.69) is 24.9 Å². The molecule has 0 atom stereocenters. The number of nitrogens with zero attached hydrogens (tertiary/aromatic N) is 9. The predicted molar refractivity (Wildman–Crippen MR) is 289 cm³/mol. The summed E-state index contributed by atoms with van der Waals surface area (Å²) in [6.45, 7) is 0. The van der Waals surface area contributed by atoms with Crippen LogP contribution in [0.25, 0.3) is 43.6 Å². The van der Waals surface area contributed by atoms with Gasteiger partial charge in [-0.1, -0.05) is 11.6 Å². The minimum Gasteiger partial charge on any atom is -0.478 e. The van der Waals surface area contributed by atoms with Gasteiger partial charge in [-0.25, -0.2) is 29.7 Å². The Morgan fingerprint density at radius 2 is 0.862 bits per heavy atom. The largest absolute Gasteiger partial charge is 0.478 e. The predicted octanol–water partition coefficient (Wildman–Crippen LogP) is 10.5. The minimum atomic E-state index is -4.78. The molecule has 0 saturated carbocycles. The van der Waals surface area contributed by atoms with Crippen molar-refractivity contribution >= 4 is 95.3 Å². The molecule has 0 aliphatic carbocycles. The number of carboxylic acid groups (broad SMARTS) is 1. The number of hydrogen-bond acceptors (Lipinski definition) is 17. The van der Waals surface area contributed by atoms with Crippen LogP contribution in [0.2, 0.25) is 5.15 Å². The fraction of sp³-hybridized carbons (Fsp3) is 0.163.